The minimum atomic E-state index is -0.581. The fraction of sp³-hybridized carbons (Fsp3) is 0.444. The maximum absolute atomic E-state index is 10.1. The predicted molar refractivity (Wildman–Crippen MR) is 66.8 cm³/mol. The first-order valence-corrected chi connectivity index (χ1v) is 6.16. The molecule has 0 spiro atoms. The van der Waals surface area contributed by atoms with Crippen molar-refractivity contribution in [3.63, 3.8) is 0 Å². The molecule has 1 heterocycles. The number of nitrogens with zero attached hydrogens (tertiary/aromatic N) is 2. The standard InChI is InChI=1S/C9H15N5O2S/c1-7-8(13-6-12-7)5-17-3-2-11-9(10)4-14(15)16/h4,6,11H,2-3,5,10H2,1H3,(H,12,13)/b9-4-. The number of nitro groups is 1. The molecule has 1 aromatic heterocycles. The molecule has 4 N–H and O–H groups in total. The van der Waals surface area contributed by atoms with Crippen LogP contribution in [0.25, 0.3) is 0 Å². The third-order valence-electron chi connectivity index (χ3n) is 1.99. The Balaban J connectivity index is 2.13. The largest absolute Gasteiger partial charge is 0.380 e. The molecule has 1 aromatic rings. The van der Waals surface area contributed by atoms with E-state index in [1.165, 1.54) is 0 Å². The van der Waals surface area contributed by atoms with Crippen molar-refractivity contribution in [3.05, 3.63) is 39.9 Å². The van der Waals surface area contributed by atoms with Gasteiger partial charge in [-0.05, 0) is 6.92 Å². The first kappa shape index (κ1) is 13.4. The number of rotatable bonds is 7. The third-order valence-corrected chi connectivity index (χ3v) is 2.96. The van der Waals surface area contributed by atoms with Crippen LogP contribution in [-0.2, 0) is 5.75 Å². The van der Waals surface area contributed by atoms with Gasteiger partial charge >= 0.3 is 0 Å². The van der Waals surface area contributed by atoms with Crippen LogP contribution in [0.3, 0.4) is 0 Å². The Morgan fingerprint density at radius 3 is 3.18 bits per heavy atom. The number of hydrogen-bond acceptors (Lipinski definition) is 6. The lowest BCUT2D eigenvalue weighted by atomic mass is 10.4. The van der Waals surface area contributed by atoms with Crippen LogP contribution >= 0.6 is 11.8 Å². The molecule has 0 aliphatic carbocycles. The topological polar surface area (TPSA) is 110 Å². The van der Waals surface area contributed by atoms with E-state index in [4.69, 9.17) is 5.73 Å². The van der Waals surface area contributed by atoms with Gasteiger partial charge in [-0.3, -0.25) is 10.1 Å². The summed E-state index contributed by atoms with van der Waals surface area (Å²) in [5.74, 6) is 1.69. The summed E-state index contributed by atoms with van der Waals surface area (Å²) in [7, 11) is 0. The van der Waals surface area contributed by atoms with Gasteiger partial charge in [-0.15, -0.1) is 0 Å². The smallest absolute Gasteiger partial charge is 0.273 e. The van der Waals surface area contributed by atoms with Gasteiger partial charge in [0.15, 0.2) is 5.82 Å². The summed E-state index contributed by atoms with van der Waals surface area (Å²) in [5, 5.41) is 12.8. The molecular formula is C9H15N5O2S. The molecule has 0 aliphatic heterocycles. The maximum Gasteiger partial charge on any atom is 0.273 e. The van der Waals surface area contributed by atoms with Gasteiger partial charge < -0.3 is 16.0 Å². The van der Waals surface area contributed by atoms with E-state index in [1.807, 2.05) is 6.92 Å². The average molecular weight is 257 g/mol. The lowest BCUT2D eigenvalue weighted by Crippen LogP contribution is -2.23. The van der Waals surface area contributed by atoms with Crippen molar-refractivity contribution < 1.29 is 4.92 Å². The summed E-state index contributed by atoms with van der Waals surface area (Å²) in [4.78, 5) is 16.7. The Morgan fingerprint density at radius 1 is 1.82 bits per heavy atom. The second-order valence-electron chi connectivity index (χ2n) is 3.32. The number of nitrogens with one attached hydrogen (secondary N) is 2. The SMILES string of the molecule is Cc1[nH]cnc1CSCCN/C(N)=C\[N+](=O)[O-]. The van der Waals surface area contributed by atoms with Crippen LogP contribution in [0, 0.1) is 17.0 Å². The van der Waals surface area contributed by atoms with Gasteiger partial charge in [0.05, 0.1) is 16.9 Å². The van der Waals surface area contributed by atoms with Gasteiger partial charge in [-0.2, -0.15) is 11.8 Å². The first-order chi connectivity index (χ1) is 8.09. The fourth-order valence-corrected chi connectivity index (χ4v) is 2.00. The summed E-state index contributed by atoms with van der Waals surface area (Å²) in [6.07, 6.45) is 2.42. The molecule has 0 saturated carbocycles. The van der Waals surface area contributed by atoms with Crippen molar-refractivity contribution in [1.82, 2.24) is 15.3 Å². The van der Waals surface area contributed by atoms with Crippen molar-refractivity contribution in [2.45, 2.75) is 12.7 Å². The van der Waals surface area contributed by atoms with Gasteiger partial charge in [0, 0.05) is 23.7 Å². The molecule has 7 nitrogen and oxygen atoms in total. The van der Waals surface area contributed by atoms with E-state index in [1.54, 1.807) is 18.1 Å². The Kier molecular flexibility index (Phi) is 5.34. The highest BCUT2D eigenvalue weighted by molar-refractivity contribution is 7.98. The molecule has 0 fully saturated rings. The van der Waals surface area contributed by atoms with Gasteiger partial charge in [0.2, 0.25) is 0 Å². The zero-order valence-electron chi connectivity index (χ0n) is 9.47. The number of aromatic amines is 1. The molecule has 0 saturated heterocycles. The summed E-state index contributed by atoms with van der Waals surface area (Å²) in [5.41, 5.74) is 7.46. The second kappa shape index (κ2) is 6.79. The normalized spacial score (nSPS) is 11.5. The van der Waals surface area contributed by atoms with Crippen LogP contribution in [0.5, 0.6) is 0 Å². The summed E-state index contributed by atoms with van der Waals surface area (Å²) in [6, 6.07) is 0. The predicted octanol–water partition coefficient (Wildman–Crippen LogP) is 0.575. The summed E-state index contributed by atoms with van der Waals surface area (Å²) < 4.78 is 0. The van der Waals surface area contributed by atoms with Crippen LogP contribution < -0.4 is 11.1 Å². The number of hydrogen-bond donors (Lipinski definition) is 3. The van der Waals surface area contributed by atoms with Crippen LogP contribution in [-0.4, -0.2) is 27.2 Å². The summed E-state index contributed by atoms with van der Waals surface area (Å²) in [6.45, 7) is 2.56. The van der Waals surface area contributed by atoms with Gasteiger partial charge in [0.25, 0.3) is 6.20 Å². The van der Waals surface area contributed by atoms with E-state index in [-0.39, 0.29) is 5.82 Å². The number of aromatic nitrogens is 2. The van der Waals surface area contributed by atoms with Crippen molar-refractivity contribution in [2.24, 2.45) is 5.73 Å². The number of imidazole rings is 1. The van der Waals surface area contributed by atoms with Crippen molar-refractivity contribution in [3.8, 4) is 0 Å². The molecule has 0 radical (unpaired) electrons. The molecule has 1 rings (SSSR count). The molecule has 0 amide bonds. The highest BCUT2D eigenvalue weighted by Gasteiger charge is 2.01. The highest BCUT2D eigenvalue weighted by Crippen LogP contribution is 2.11. The minimum absolute atomic E-state index is 0.0755. The molecule has 0 bridgehead atoms. The molecule has 0 atom stereocenters. The van der Waals surface area contributed by atoms with Crippen molar-refractivity contribution in [2.75, 3.05) is 12.3 Å². The van der Waals surface area contributed by atoms with Crippen LogP contribution in [0.4, 0.5) is 0 Å². The quantitative estimate of drug-likeness (QED) is 0.374. The Hall–Kier alpha value is -1.70. The number of aryl methyl sites for hydroxylation is 1. The fourth-order valence-electron chi connectivity index (χ4n) is 1.13. The first-order valence-electron chi connectivity index (χ1n) is 5.01. The van der Waals surface area contributed by atoms with Gasteiger partial charge in [0.1, 0.15) is 0 Å². The van der Waals surface area contributed by atoms with E-state index in [0.29, 0.717) is 6.54 Å². The van der Waals surface area contributed by atoms with Crippen LogP contribution in [0.15, 0.2) is 18.3 Å². The minimum Gasteiger partial charge on any atom is -0.380 e. The maximum atomic E-state index is 10.1. The molecule has 0 aromatic carbocycles. The number of thioether (sulfide) groups is 1. The summed E-state index contributed by atoms with van der Waals surface area (Å²) >= 11 is 1.69. The lowest BCUT2D eigenvalue weighted by Gasteiger charge is -2.03. The Bertz CT molecular complexity index is 404. The van der Waals surface area contributed by atoms with E-state index >= 15 is 0 Å². The number of nitrogens with two attached hydrogens (primary N) is 1. The third kappa shape index (κ3) is 5.25. The number of H-pyrrole nitrogens is 1. The molecule has 0 aliphatic rings. The lowest BCUT2D eigenvalue weighted by molar-refractivity contribution is -0.403. The van der Waals surface area contributed by atoms with E-state index < -0.39 is 4.92 Å². The average Bonchev–Trinajstić information content (AvgIpc) is 2.63. The van der Waals surface area contributed by atoms with E-state index in [0.717, 1.165) is 29.1 Å². The highest BCUT2D eigenvalue weighted by atomic mass is 32.2. The van der Waals surface area contributed by atoms with E-state index in [9.17, 15) is 10.1 Å². The van der Waals surface area contributed by atoms with Crippen molar-refractivity contribution in [1.29, 1.82) is 0 Å². The second-order valence-corrected chi connectivity index (χ2v) is 4.43. The van der Waals surface area contributed by atoms with Gasteiger partial charge in [-0.25, -0.2) is 4.98 Å². The van der Waals surface area contributed by atoms with Crippen LogP contribution in [0.1, 0.15) is 11.4 Å². The van der Waals surface area contributed by atoms with Crippen molar-refractivity contribution >= 4 is 11.8 Å². The molecule has 94 valence electrons. The molecule has 0 unspecified atom stereocenters. The zero-order valence-corrected chi connectivity index (χ0v) is 10.3. The zero-order chi connectivity index (χ0) is 12.7. The Labute approximate surface area is 103 Å². The molecule has 17 heavy (non-hydrogen) atoms. The van der Waals surface area contributed by atoms with Gasteiger partial charge in [-0.1, -0.05) is 0 Å². The molecular weight excluding hydrogens is 242 g/mol. The Morgan fingerprint density at radius 2 is 2.59 bits per heavy atom. The van der Waals surface area contributed by atoms with Crippen LogP contribution in [0.2, 0.25) is 0 Å². The van der Waals surface area contributed by atoms with E-state index in [2.05, 4.69) is 15.3 Å². The monoisotopic (exact) mass is 257 g/mol. The molecule has 8 heteroatoms.